The number of amides is 2. The summed E-state index contributed by atoms with van der Waals surface area (Å²) in [5.74, 6) is -0.472. The Labute approximate surface area is 144 Å². The van der Waals surface area contributed by atoms with Crippen LogP contribution in [0.3, 0.4) is 0 Å². The molecule has 0 unspecified atom stereocenters. The van der Waals surface area contributed by atoms with Gasteiger partial charge in [0.15, 0.2) is 0 Å². The third-order valence-corrected chi connectivity index (χ3v) is 4.33. The minimum Gasteiger partial charge on any atom is -0.361 e. The number of carbonyl (C=O) groups excluding carboxylic acids is 2. The molecule has 5 heteroatoms. The molecule has 3 N–H and O–H groups in total. The third-order valence-electron chi connectivity index (χ3n) is 4.33. The highest BCUT2D eigenvalue weighted by Gasteiger charge is 2.29. The second kappa shape index (κ2) is 6.28. The van der Waals surface area contributed by atoms with Crippen molar-refractivity contribution in [2.24, 2.45) is 0 Å². The minimum atomic E-state index is -0.560. The highest BCUT2D eigenvalue weighted by atomic mass is 16.2. The fourth-order valence-electron chi connectivity index (χ4n) is 3.04. The van der Waals surface area contributed by atoms with Crippen LogP contribution in [0.25, 0.3) is 17.0 Å². The molecule has 2 aromatic carbocycles. The van der Waals surface area contributed by atoms with Crippen LogP contribution in [0.15, 0.2) is 66.5 Å². The van der Waals surface area contributed by atoms with Gasteiger partial charge in [-0.05, 0) is 17.7 Å². The van der Waals surface area contributed by atoms with E-state index in [0.717, 1.165) is 22.0 Å². The Balaban J connectivity index is 1.56. The summed E-state index contributed by atoms with van der Waals surface area (Å²) in [5.41, 5.74) is 3.12. The molecule has 0 bridgehead atoms. The standard InChI is InChI=1S/C20H17N3O2/c24-19-17(10-13-6-2-1-3-7-13)22-20(25)18(23-19)11-14-12-21-16-9-5-4-8-15(14)16/h1-9,11-12,17,21H,10H2,(H,22,25)(H,23,24)/b18-11-/t17-/m0/s1. The van der Waals surface area contributed by atoms with E-state index in [1.165, 1.54) is 0 Å². The maximum Gasteiger partial charge on any atom is 0.268 e. The van der Waals surface area contributed by atoms with E-state index in [1.54, 1.807) is 6.08 Å². The van der Waals surface area contributed by atoms with Crippen LogP contribution in [0.4, 0.5) is 0 Å². The van der Waals surface area contributed by atoms with Crippen molar-refractivity contribution in [1.82, 2.24) is 15.6 Å². The summed E-state index contributed by atoms with van der Waals surface area (Å²) in [5, 5.41) is 6.53. The molecule has 1 aliphatic heterocycles. The minimum absolute atomic E-state index is 0.199. The Morgan fingerprint density at radius 1 is 0.960 bits per heavy atom. The van der Waals surface area contributed by atoms with Crippen LogP contribution < -0.4 is 10.6 Å². The molecule has 1 aliphatic rings. The van der Waals surface area contributed by atoms with Gasteiger partial charge in [0.25, 0.3) is 5.91 Å². The monoisotopic (exact) mass is 331 g/mol. The summed E-state index contributed by atoms with van der Waals surface area (Å²) in [7, 11) is 0. The van der Waals surface area contributed by atoms with E-state index in [4.69, 9.17) is 0 Å². The van der Waals surface area contributed by atoms with E-state index in [-0.39, 0.29) is 17.5 Å². The van der Waals surface area contributed by atoms with Gasteiger partial charge in [0.1, 0.15) is 11.7 Å². The number of hydrogen-bond acceptors (Lipinski definition) is 2. The molecule has 1 aromatic heterocycles. The van der Waals surface area contributed by atoms with Gasteiger partial charge < -0.3 is 15.6 Å². The van der Waals surface area contributed by atoms with Crippen molar-refractivity contribution < 1.29 is 9.59 Å². The van der Waals surface area contributed by atoms with Crippen molar-refractivity contribution >= 4 is 28.8 Å². The molecular formula is C20H17N3O2. The summed E-state index contributed by atoms with van der Waals surface area (Å²) < 4.78 is 0. The van der Waals surface area contributed by atoms with Crippen LogP contribution in [0.5, 0.6) is 0 Å². The molecule has 2 heterocycles. The van der Waals surface area contributed by atoms with E-state index in [1.807, 2.05) is 60.8 Å². The van der Waals surface area contributed by atoms with Crippen LogP contribution >= 0.6 is 0 Å². The summed E-state index contributed by atoms with van der Waals surface area (Å²) in [6.07, 6.45) is 4.00. The van der Waals surface area contributed by atoms with Crippen LogP contribution in [0, 0.1) is 0 Å². The summed E-state index contributed by atoms with van der Waals surface area (Å²) in [4.78, 5) is 27.9. The summed E-state index contributed by atoms with van der Waals surface area (Å²) >= 11 is 0. The fraction of sp³-hybridized carbons (Fsp3) is 0.100. The van der Waals surface area contributed by atoms with Crippen molar-refractivity contribution in [3.8, 4) is 0 Å². The van der Waals surface area contributed by atoms with Gasteiger partial charge in [-0.3, -0.25) is 9.59 Å². The first-order chi connectivity index (χ1) is 12.2. The van der Waals surface area contributed by atoms with E-state index < -0.39 is 6.04 Å². The van der Waals surface area contributed by atoms with Gasteiger partial charge in [0, 0.05) is 29.1 Å². The molecule has 1 atom stereocenters. The zero-order valence-electron chi connectivity index (χ0n) is 13.5. The topological polar surface area (TPSA) is 74.0 Å². The fourth-order valence-corrected chi connectivity index (χ4v) is 3.04. The molecule has 0 aliphatic carbocycles. The molecule has 0 radical (unpaired) electrons. The zero-order valence-corrected chi connectivity index (χ0v) is 13.5. The van der Waals surface area contributed by atoms with E-state index in [0.29, 0.717) is 6.42 Å². The SMILES string of the molecule is O=C1N[C@@H](Cc2ccccc2)C(=O)N/C1=C\c1c[nH]c2ccccc12. The lowest BCUT2D eigenvalue weighted by Gasteiger charge is -2.25. The molecule has 4 rings (SSSR count). The molecule has 1 saturated heterocycles. The highest BCUT2D eigenvalue weighted by molar-refractivity contribution is 6.08. The Morgan fingerprint density at radius 3 is 2.56 bits per heavy atom. The normalized spacial score (nSPS) is 19.0. The smallest absolute Gasteiger partial charge is 0.268 e. The molecule has 0 saturated carbocycles. The van der Waals surface area contributed by atoms with Crippen LogP contribution in [-0.2, 0) is 16.0 Å². The van der Waals surface area contributed by atoms with Crippen LogP contribution in [0.1, 0.15) is 11.1 Å². The molecule has 25 heavy (non-hydrogen) atoms. The quantitative estimate of drug-likeness (QED) is 0.645. The molecule has 1 fully saturated rings. The van der Waals surface area contributed by atoms with Gasteiger partial charge in [-0.1, -0.05) is 48.5 Å². The Bertz CT molecular complexity index is 973. The average Bonchev–Trinajstić information content (AvgIpc) is 3.03. The van der Waals surface area contributed by atoms with Crippen molar-refractivity contribution in [3.05, 3.63) is 77.6 Å². The lowest BCUT2D eigenvalue weighted by molar-refractivity contribution is -0.131. The number of H-pyrrole nitrogens is 1. The largest absolute Gasteiger partial charge is 0.361 e. The second-order valence-corrected chi connectivity index (χ2v) is 6.05. The number of benzene rings is 2. The van der Waals surface area contributed by atoms with Gasteiger partial charge in [-0.25, -0.2) is 0 Å². The Morgan fingerprint density at radius 2 is 1.72 bits per heavy atom. The maximum atomic E-state index is 12.4. The van der Waals surface area contributed by atoms with Gasteiger partial charge in [-0.15, -0.1) is 0 Å². The maximum absolute atomic E-state index is 12.4. The molecule has 124 valence electrons. The molecule has 0 spiro atoms. The van der Waals surface area contributed by atoms with Crippen molar-refractivity contribution in [1.29, 1.82) is 0 Å². The average molecular weight is 331 g/mol. The Hall–Kier alpha value is -3.34. The van der Waals surface area contributed by atoms with E-state index >= 15 is 0 Å². The van der Waals surface area contributed by atoms with Gasteiger partial charge in [0.05, 0.1) is 0 Å². The van der Waals surface area contributed by atoms with E-state index in [2.05, 4.69) is 15.6 Å². The van der Waals surface area contributed by atoms with Crippen LogP contribution in [-0.4, -0.2) is 22.8 Å². The summed E-state index contributed by atoms with van der Waals surface area (Å²) in [6.45, 7) is 0. The number of aromatic nitrogens is 1. The molecule has 5 nitrogen and oxygen atoms in total. The van der Waals surface area contributed by atoms with Gasteiger partial charge >= 0.3 is 0 Å². The predicted octanol–water partition coefficient (Wildman–Crippen LogP) is 2.37. The molecule has 3 aromatic rings. The first-order valence-corrected chi connectivity index (χ1v) is 8.14. The number of piperazine rings is 1. The highest BCUT2D eigenvalue weighted by Crippen LogP contribution is 2.20. The number of rotatable bonds is 3. The zero-order chi connectivity index (χ0) is 17.2. The Kier molecular flexibility index (Phi) is 3.82. The molecule has 2 amide bonds. The number of carbonyl (C=O) groups is 2. The second-order valence-electron chi connectivity index (χ2n) is 6.05. The molecular weight excluding hydrogens is 314 g/mol. The third kappa shape index (κ3) is 3.04. The van der Waals surface area contributed by atoms with Crippen LogP contribution in [0.2, 0.25) is 0 Å². The number of para-hydroxylation sites is 1. The lowest BCUT2D eigenvalue weighted by Crippen LogP contribution is -2.55. The van der Waals surface area contributed by atoms with E-state index in [9.17, 15) is 9.59 Å². The van der Waals surface area contributed by atoms with Crippen molar-refractivity contribution in [3.63, 3.8) is 0 Å². The first kappa shape index (κ1) is 15.2. The number of hydrogen-bond donors (Lipinski definition) is 3. The van der Waals surface area contributed by atoms with Crippen molar-refractivity contribution in [2.45, 2.75) is 12.5 Å². The van der Waals surface area contributed by atoms with Gasteiger partial charge in [0.2, 0.25) is 5.91 Å². The predicted molar refractivity (Wildman–Crippen MR) is 96.5 cm³/mol. The first-order valence-electron chi connectivity index (χ1n) is 8.14. The lowest BCUT2D eigenvalue weighted by atomic mass is 10.0. The number of fused-ring (bicyclic) bond motifs is 1. The number of nitrogens with one attached hydrogen (secondary N) is 3. The van der Waals surface area contributed by atoms with Gasteiger partial charge in [-0.2, -0.15) is 0 Å². The summed E-state index contributed by atoms with van der Waals surface area (Å²) in [6, 6.07) is 16.9. The number of aromatic amines is 1. The van der Waals surface area contributed by atoms with Crippen molar-refractivity contribution in [2.75, 3.05) is 0 Å².